The van der Waals surface area contributed by atoms with Crippen molar-refractivity contribution in [2.75, 3.05) is 5.32 Å². The molecule has 0 spiro atoms. The van der Waals surface area contributed by atoms with Crippen molar-refractivity contribution in [3.8, 4) is 22.5 Å². The van der Waals surface area contributed by atoms with E-state index in [2.05, 4.69) is 10.3 Å². The second-order valence-corrected chi connectivity index (χ2v) is 16.9. The monoisotopic (exact) mass is 762 g/mol. The summed E-state index contributed by atoms with van der Waals surface area (Å²) in [6.45, 7) is 10.5. The normalized spacial score (nSPS) is 12.9. The van der Waals surface area contributed by atoms with E-state index < -0.39 is 45.0 Å². The van der Waals surface area contributed by atoms with E-state index in [0.717, 1.165) is 28.4 Å². The molecule has 0 atom stereocenters. The van der Waals surface area contributed by atoms with E-state index in [9.17, 15) is 38.9 Å². The molecule has 0 radical (unpaired) electrons. The van der Waals surface area contributed by atoms with E-state index in [-0.39, 0.29) is 50.2 Å². The molecular formula is C37H34N2O10S3. The Hall–Kier alpha value is -4.90. The molecular weight excluding hydrogens is 729 g/mol. The SMILES string of the molecule is Cc1cc(C)c(Nc2ccc3c(-c4ccccc4S(=O)(=O)O)c4cc(S(=O)(=O)O)/c(=N/c5c(C)cc(C)c(S(=O)(=O)O)c5C)cc-4oc3c2)c(C)c1. The number of fused-ring (bicyclic) bond motifs is 2. The summed E-state index contributed by atoms with van der Waals surface area (Å²) in [5.74, 6) is 0.0102. The first-order chi connectivity index (χ1) is 24.1. The topological polar surface area (TPSA) is 201 Å². The van der Waals surface area contributed by atoms with E-state index in [4.69, 9.17) is 4.42 Å². The molecule has 0 unspecified atom stereocenters. The van der Waals surface area contributed by atoms with Crippen LogP contribution < -0.4 is 10.7 Å². The quantitative estimate of drug-likeness (QED) is 0.0914. The van der Waals surface area contributed by atoms with Crippen LogP contribution in [0.4, 0.5) is 17.1 Å². The summed E-state index contributed by atoms with van der Waals surface area (Å²) in [7, 11) is -14.5. The Bertz CT molecular complexity index is 2840. The van der Waals surface area contributed by atoms with E-state index in [0.29, 0.717) is 16.6 Å². The van der Waals surface area contributed by atoms with Crippen LogP contribution in [0.5, 0.6) is 0 Å². The maximum atomic E-state index is 13.0. The predicted molar refractivity (Wildman–Crippen MR) is 198 cm³/mol. The molecule has 4 N–H and O–H groups in total. The largest absolute Gasteiger partial charge is 0.456 e. The zero-order valence-electron chi connectivity index (χ0n) is 28.8. The maximum Gasteiger partial charge on any atom is 0.296 e. The summed E-state index contributed by atoms with van der Waals surface area (Å²) in [6.07, 6.45) is 0. The van der Waals surface area contributed by atoms with Gasteiger partial charge in [0.05, 0.1) is 11.0 Å². The van der Waals surface area contributed by atoms with Gasteiger partial charge in [0.25, 0.3) is 30.4 Å². The zero-order valence-corrected chi connectivity index (χ0v) is 31.2. The van der Waals surface area contributed by atoms with Crippen molar-refractivity contribution >= 4 is 58.4 Å². The smallest absolute Gasteiger partial charge is 0.296 e. The van der Waals surface area contributed by atoms with Gasteiger partial charge in [0.15, 0.2) is 0 Å². The first kappa shape index (κ1) is 36.9. The lowest BCUT2D eigenvalue weighted by atomic mass is 9.93. The van der Waals surface area contributed by atoms with E-state index in [1.54, 1.807) is 31.2 Å². The fourth-order valence-electron chi connectivity index (χ4n) is 6.83. The molecule has 4 aromatic rings. The first-order valence-electron chi connectivity index (χ1n) is 15.7. The number of anilines is 2. The van der Waals surface area contributed by atoms with Crippen molar-refractivity contribution < 1.29 is 43.3 Å². The minimum absolute atomic E-state index is 0.0102. The van der Waals surface area contributed by atoms with Crippen LogP contribution in [0.3, 0.4) is 0 Å². The molecule has 6 rings (SSSR count). The fraction of sp³-hybridized carbons (Fsp3) is 0.162. The number of nitrogens with one attached hydrogen (secondary N) is 1. The van der Waals surface area contributed by atoms with Gasteiger partial charge in [-0.05, 0) is 93.6 Å². The minimum atomic E-state index is -5.04. The summed E-state index contributed by atoms with van der Waals surface area (Å²) >= 11 is 0. The Kier molecular flexibility index (Phi) is 9.18. The Morgan fingerprint density at radius 3 is 1.88 bits per heavy atom. The van der Waals surface area contributed by atoms with Gasteiger partial charge in [-0.2, -0.15) is 25.3 Å². The van der Waals surface area contributed by atoms with E-state index >= 15 is 0 Å². The molecule has 15 heteroatoms. The number of aryl methyl sites for hydroxylation is 5. The van der Waals surface area contributed by atoms with Gasteiger partial charge in [0.2, 0.25) is 0 Å². The average molecular weight is 763 g/mol. The van der Waals surface area contributed by atoms with Crippen LogP contribution >= 0.6 is 0 Å². The lowest BCUT2D eigenvalue weighted by Gasteiger charge is -2.19. The van der Waals surface area contributed by atoms with Crippen molar-refractivity contribution in [2.45, 2.75) is 56.2 Å². The minimum Gasteiger partial charge on any atom is -0.456 e. The molecule has 1 aliphatic carbocycles. The third-order valence-corrected chi connectivity index (χ3v) is 11.7. The van der Waals surface area contributed by atoms with Crippen molar-refractivity contribution in [3.05, 3.63) is 112 Å². The molecule has 0 amide bonds. The summed E-state index contributed by atoms with van der Waals surface area (Å²) in [6, 6.07) is 18.6. The highest BCUT2D eigenvalue weighted by Gasteiger charge is 2.27. The molecule has 4 aromatic carbocycles. The number of nitrogens with zero attached hydrogens (tertiary/aromatic N) is 1. The standard InChI is InChI=1S/C37H34N2O10S3/c1-19-13-20(2)35(21(3)14-19)38-25-11-12-26-30(16-25)49-31-18-29(39-36-22(4)15-23(5)37(24(36)6)52(46,47)48)33(51(43,44)45)17-28(31)34(26)27-9-7-8-10-32(27)50(40,41)42/h7-18,38H,1-6H3,(H,40,41,42)(H,43,44,45)(H,46,47,48)/b39-29+. The van der Waals surface area contributed by atoms with Crippen LogP contribution in [0.2, 0.25) is 0 Å². The molecule has 52 heavy (non-hydrogen) atoms. The summed E-state index contributed by atoms with van der Waals surface area (Å²) < 4.78 is 113. The average Bonchev–Trinajstić information content (AvgIpc) is 3.01. The molecule has 0 saturated carbocycles. The van der Waals surface area contributed by atoms with Gasteiger partial charge in [-0.1, -0.05) is 42.0 Å². The second-order valence-electron chi connectivity index (χ2n) is 12.7. The van der Waals surface area contributed by atoms with Crippen LogP contribution in [0.15, 0.2) is 96.9 Å². The molecule has 1 aliphatic heterocycles. The van der Waals surface area contributed by atoms with Gasteiger partial charge < -0.3 is 9.73 Å². The molecule has 12 nitrogen and oxygen atoms in total. The van der Waals surface area contributed by atoms with Crippen LogP contribution in [0.1, 0.15) is 33.4 Å². The molecule has 0 aromatic heterocycles. The number of benzene rings is 5. The molecule has 1 heterocycles. The van der Waals surface area contributed by atoms with Gasteiger partial charge in [-0.3, -0.25) is 13.7 Å². The zero-order chi connectivity index (χ0) is 38.1. The third-order valence-electron chi connectivity index (χ3n) is 8.81. The van der Waals surface area contributed by atoms with Gasteiger partial charge >= 0.3 is 0 Å². The highest BCUT2D eigenvalue weighted by Crippen LogP contribution is 2.44. The Balaban J connectivity index is 1.75. The highest BCUT2D eigenvalue weighted by atomic mass is 32.2. The van der Waals surface area contributed by atoms with Crippen LogP contribution in [0, 0.1) is 41.5 Å². The molecule has 2 aliphatic rings. The van der Waals surface area contributed by atoms with E-state index in [1.165, 1.54) is 44.2 Å². The summed E-state index contributed by atoms with van der Waals surface area (Å²) in [5.41, 5.74) is 5.82. The summed E-state index contributed by atoms with van der Waals surface area (Å²) in [5, 5.41) is 3.43. The first-order valence-corrected chi connectivity index (χ1v) is 20.0. The third kappa shape index (κ3) is 6.86. The Morgan fingerprint density at radius 1 is 0.635 bits per heavy atom. The van der Waals surface area contributed by atoms with Gasteiger partial charge in [0, 0.05) is 45.6 Å². The Morgan fingerprint density at radius 2 is 1.27 bits per heavy atom. The van der Waals surface area contributed by atoms with Gasteiger partial charge in [-0.15, -0.1) is 0 Å². The van der Waals surface area contributed by atoms with Crippen LogP contribution in [0.25, 0.3) is 33.4 Å². The lowest BCUT2D eigenvalue weighted by molar-refractivity contribution is 0.479. The summed E-state index contributed by atoms with van der Waals surface area (Å²) in [4.78, 5) is 2.94. The van der Waals surface area contributed by atoms with Crippen molar-refractivity contribution in [2.24, 2.45) is 4.99 Å². The molecule has 0 fully saturated rings. The molecule has 0 saturated heterocycles. The number of rotatable bonds is 7. The highest BCUT2D eigenvalue weighted by molar-refractivity contribution is 7.86. The number of hydrogen-bond donors (Lipinski definition) is 4. The van der Waals surface area contributed by atoms with Gasteiger partial charge in [-0.25, -0.2) is 4.99 Å². The van der Waals surface area contributed by atoms with E-state index in [1.807, 2.05) is 32.9 Å². The van der Waals surface area contributed by atoms with Gasteiger partial charge in [0.1, 0.15) is 26.0 Å². The second kappa shape index (κ2) is 12.9. The van der Waals surface area contributed by atoms with Crippen LogP contribution in [-0.2, 0) is 30.4 Å². The Labute approximate surface area is 301 Å². The molecule has 0 bridgehead atoms. The van der Waals surface area contributed by atoms with Crippen molar-refractivity contribution in [1.82, 2.24) is 0 Å². The van der Waals surface area contributed by atoms with Crippen LogP contribution in [-0.4, -0.2) is 38.9 Å². The number of hydrogen-bond acceptors (Lipinski definition) is 9. The predicted octanol–water partition coefficient (Wildman–Crippen LogP) is 7.77. The van der Waals surface area contributed by atoms with Crippen molar-refractivity contribution in [1.29, 1.82) is 0 Å². The maximum absolute atomic E-state index is 13.0. The fourth-order valence-corrected chi connectivity index (χ4v) is 9.12. The lowest BCUT2D eigenvalue weighted by Crippen LogP contribution is -2.16. The van der Waals surface area contributed by atoms with Crippen molar-refractivity contribution in [3.63, 3.8) is 0 Å². The molecule has 270 valence electrons.